The first-order chi connectivity index (χ1) is 20.4. The van der Waals surface area contributed by atoms with Crippen molar-refractivity contribution in [2.45, 2.75) is 11.8 Å². The highest BCUT2D eigenvalue weighted by Crippen LogP contribution is 2.26. The van der Waals surface area contributed by atoms with Crippen LogP contribution in [0.25, 0.3) is 17.3 Å². The summed E-state index contributed by atoms with van der Waals surface area (Å²) in [5.41, 5.74) is 3.91. The molecule has 0 atom stereocenters. The Morgan fingerprint density at radius 3 is 2.50 bits per heavy atom. The number of thioether (sulfide) groups is 1. The van der Waals surface area contributed by atoms with Crippen LogP contribution in [0, 0.1) is 6.92 Å². The van der Waals surface area contributed by atoms with Gasteiger partial charge in [-0.2, -0.15) is 0 Å². The number of aryl methyl sites for hydroxylation is 1. The van der Waals surface area contributed by atoms with Crippen LogP contribution in [-0.4, -0.2) is 28.5 Å². The van der Waals surface area contributed by atoms with Gasteiger partial charge in [0.15, 0.2) is 5.13 Å². The van der Waals surface area contributed by atoms with E-state index in [9.17, 15) is 14.4 Å². The van der Waals surface area contributed by atoms with Crippen LogP contribution in [0.3, 0.4) is 0 Å². The number of aromatic nitrogens is 1. The Hall–Kier alpha value is -4.93. The second-order valence-corrected chi connectivity index (χ2v) is 11.0. The third kappa shape index (κ3) is 7.84. The van der Waals surface area contributed by atoms with E-state index in [0.717, 1.165) is 16.2 Å². The number of furan rings is 1. The summed E-state index contributed by atoms with van der Waals surface area (Å²) in [6.07, 6.45) is 2.94. The minimum atomic E-state index is -0.524. The number of hydrogen-bond acceptors (Lipinski definition) is 7. The summed E-state index contributed by atoms with van der Waals surface area (Å²) in [6.45, 7) is 2.03. The van der Waals surface area contributed by atoms with Crippen LogP contribution in [0.2, 0.25) is 0 Å². The first-order valence-corrected chi connectivity index (χ1v) is 14.8. The van der Waals surface area contributed by atoms with Crippen molar-refractivity contribution in [3.05, 3.63) is 125 Å². The highest BCUT2D eigenvalue weighted by Gasteiger charge is 2.16. The van der Waals surface area contributed by atoms with Crippen LogP contribution in [0.15, 0.2) is 118 Å². The summed E-state index contributed by atoms with van der Waals surface area (Å²) in [4.78, 5) is 43.9. The molecule has 5 rings (SSSR count). The number of hydrogen-bond donors (Lipinski definition) is 3. The molecule has 3 amide bonds. The van der Waals surface area contributed by atoms with Gasteiger partial charge >= 0.3 is 0 Å². The van der Waals surface area contributed by atoms with E-state index >= 15 is 0 Å². The van der Waals surface area contributed by atoms with Gasteiger partial charge in [0.1, 0.15) is 11.5 Å². The van der Waals surface area contributed by atoms with Gasteiger partial charge in [-0.05, 0) is 49.4 Å². The van der Waals surface area contributed by atoms with Gasteiger partial charge in [0, 0.05) is 33.2 Å². The largest absolute Gasteiger partial charge is 0.465 e. The van der Waals surface area contributed by atoms with E-state index in [2.05, 4.69) is 20.9 Å². The molecule has 0 bridgehead atoms. The fourth-order valence-corrected chi connectivity index (χ4v) is 5.30. The molecule has 0 radical (unpaired) electrons. The predicted octanol–water partition coefficient (Wildman–Crippen LogP) is 6.85. The predicted molar refractivity (Wildman–Crippen MR) is 167 cm³/mol. The molecule has 210 valence electrons. The zero-order valence-corrected chi connectivity index (χ0v) is 24.1. The van der Waals surface area contributed by atoms with E-state index in [-0.39, 0.29) is 17.4 Å². The molecule has 5 aromatic rings. The maximum absolute atomic E-state index is 13.2. The lowest BCUT2D eigenvalue weighted by Crippen LogP contribution is -2.30. The van der Waals surface area contributed by atoms with Crippen molar-refractivity contribution < 1.29 is 18.8 Å². The molecule has 0 saturated carbocycles. The van der Waals surface area contributed by atoms with Crippen LogP contribution in [0.5, 0.6) is 0 Å². The van der Waals surface area contributed by atoms with Crippen LogP contribution >= 0.6 is 23.1 Å². The Morgan fingerprint density at radius 1 is 0.929 bits per heavy atom. The average Bonchev–Trinajstić information content (AvgIpc) is 3.69. The van der Waals surface area contributed by atoms with Gasteiger partial charge in [-0.3, -0.25) is 14.4 Å². The van der Waals surface area contributed by atoms with E-state index in [4.69, 9.17) is 4.42 Å². The van der Waals surface area contributed by atoms with Crippen molar-refractivity contribution in [2.24, 2.45) is 0 Å². The lowest BCUT2D eigenvalue weighted by Gasteiger charge is -2.12. The number of carbonyl (C=O) groups is 3. The second-order valence-electron chi connectivity index (χ2n) is 9.12. The van der Waals surface area contributed by atoms with E-state index in [0.29, 0.717) is 22.1 Å². The summed E-state index contributed by atoms with van der Waals surface area (Å²) < 4.78 is 5.34. The minimum Gasteiger partial charge on any atom is -0.465 e. The molecule has 2 heterocycles. The topological polar surface area (TPSA) is 113 Å². The molecule has 0 spiro atoms. The second kappa shape index (κ2) is 13.6. The lowest BCUT2D eigenvalue weighted by molar-refractivity contribution is -0.114. The maximum atomic E-state index is 13.2. The van der Waals surface area contributed by atoms with E-state index in [1.807, 2.05) is 42.6 Å². The van der Waals surface area contributed by atoms with Crippen LogP contribution < -0.4 is 16.0 Å². The molecule has 3 aromatic carbocycles. The van der Waals surface area contributed by atoms with Crippen LogP contribution in [-0.2, 0) is 9.59 Å². The van der Waals surface area contributed by atoms with Gasteiger partial charge < -0.3 is 20.4 Å². The molecule has 2 aromatic heterocycles. The fourth-order valence-electron chi connectivity index (χ4n) is 3.81. The number of nitrogens with zero attached hydrogens (tertiary/aromatic N) is 1. The minimum absolute atomic E-state index is 0.0182. The smallest absolute Gasteiger partial charge is 0.272 e. The maximum Gasteiger partial charge on any atom is 0.272 e. The summed E-state index contributed by atoms with van der Waals surface area (Å²) >= 11 is 2.70. The Labute approximate surface area is 250 Å². The Balaban J connectivity index is 1.19. The van der Waals surface area contributed by atoms with E-state index < -0.39 is 11.8 Å². The van der Waals surface area contributed by atoms with Crippen molar-refractivity contribution in [3.8, 4) is 11.3 Å². The SMILES string of the molecule is Cc1ccc(-c2csc(NC(=O)CSc3cccc(NC(=O)/C(=C/c4ccco4)NC(=O)c4ccccc4)c3)n2)cc1. The normalized spacial score (nSPS) is 11.1. The highest BCUT2D eigenvalue weighted by molar-refractivity contribution is 8.00. The molecule has 42 heavy (non-hydrogen) atoms. The zero-order valence-electron chi connectivity index (χ0n) is 22.5. The quantitative estimate of drug-likeness (QED) is 0.120. The molecule has 0 aliphatic carbocycles. The number of benzene rings is 3. The van der Waals surface area contributed by atoms with Crippen LogP contribution in [0.4, 0.5) is 10.8 Å². The number of anilines is 2. The van der Waals surface area contributed by atoms with Crippen molar-refractivity contribution >= 4 is 57.7 Å². The molecule has 8 nitrogen and oxygen atoms in total. The van der Waals surface area contributed by atoms with Gasteiger partial charge in [0.2, 0.25) is 5.91 Å². The third-order valence-electron chi connectivity index (χ3n) is 5.92. The molecular formula is C32H26N4O4S2. The van der Waals surface area contributed by atoms with Gasteiger partial charge in [-0.25, -0.2) is 4.98 Å². The van der Waals surface area contributed by atoms with Crippen molar-refractivity contribution in [3.63, 3.8) is 0 Å². The molecule has 3 N–H and O–H groups in total. The Morgan fingerprint density at radius 2 is 1.74 bits per heavy atom. The number of rotatable bonds is 10. The Kier molecular flexibility index (Phi) is 9.27. The summed E-state index contributed by atoms with van der Waals surface area (Å²) in [5.74, 6) is -0.566. The summed E-state index contributed by atoms with van der Waals surface area (Å²) in [7, 11) is 0. The van der Waals surface area contributed by atoms with E-state index in [1.54, 1.807) is 60.7 Å². The van der Waals surface area contributed by atoms with Gasteiger partial charge in [0.25, 0.3) is 11.8 Å². The number of carbonyl (C=O) groups excluding carboxylic acids is 3. The standard InChI is InChI=1S/C32H26N4O4S2/c1-21-12-14-22(15-13-21)28-19-42-32(35-28)36-29(37)20-41-26-11-5-9-24(17-26)33-31(39)27(18-25-10-6-16-40-25)34-30(38)23-7-3-2-4-8-23/h2-19H,20H2,1H3,(H,33,39)(H,34,38)(H,35,36,37)/b27-18-. The van der Waals surface area contributed by atoms with Gasteiger partial charge in [-0.15, -0.1) is 23.1 Å². The third-order valence-corrected chi connectivity index (χ3v) is 7.67. The molecule has 0 unspecified atom stereocenters. The molecule has 0 aliphatic rings. The van der Waals surface area contributed by atoms with Crippen molar-refractivity contribution in [2.75, 3.05) is 16.4 Å². The number of nitrogens with one attached hydrogen (secondary N) is 3. The number of amides is 3. The van der Waals surface area contributed by atoms with Crippen molar-refractivity contribution in [1.29, 1.82) is 0 Å². The average molecular weight is 595 g/mol. The van der Waals surface area contributed by atoms with Crippen molar-refractivity contribution in [1.82, 2.24) is 10.3 Å². The van der Waals surface area contributed by atoms with Gasteiger partial charge in [0.05, 0.1) is 17.7 Å². The molecule has 0 fully saturated rings. The first-order valence-electron chi connectivity index (χ1n) is 12.9. The zero-order chi connectivity index (χ0) is 29.3. The fraction of sp³-hybridized carbons (Fsp3) is 0.0625. The molecule has 0 aliphatic heterocycles. The summed E-state index contributed by atoms with van der Waals surface area (Å²) in [6, 6.07) is 27.2. The number of thiazole rings is 1. The lowest BCUT2D eigenvalue weighted by atomic mass is 10.1. The Bertz CT molecular complexity index is 1710. The monoisotopic (exact) mass is 594 g/mol. The van der Waals surface area contributed by atoms with Gasteiger partial charge in [-0.1, -0.05) is 54.1 Å². The highest BCUT2D eigenvalue weighted by atomic mass is 32.2. The molecule has 0 saturated heterocycles. The molecular weight excluding hydrogens is 569 g/mol. The molecule has 10 heteroatoms. The van der Waals surface area contributed by atoms with E-state index in [1.165, 1.54) is 41.0 Å². The summed E-state index contributed by atoms with van der Waals surface area (Å²) in [5, 5.41) is 10.8. The van der Waals surface area contributed by atoms with Crippen LogP contribution in [0.1, 0.15) is 21.7 Å². The first kappa shape index (κ1) is 28.6.